The Hall–Kier alpha value is -1.21. The number of rotatable bonds is 0. The molecule has 2 aromatic carbocycles. The molecule has 0 radical (unpaired) electrons. The third-order valence-corrected chi connectivity index (χ3v) is 4.49. The Balaban J connectivity index is 2.35. The minimum Gasteiger partial charge on any atom is -0.120 e. The monoisotopic (exact) mass is 226 g/mol. The molecular weight excluding hydrogens is 212 g/mol. The Morgan fingerprint density at radius 3 is 2.56 bits per heavy atom. The highest BCUT2D eigenvalue weighted by Crippen LogP contribution is 2.44. The van der Waals surface area contributed by atoms with E-state index in [4.69, 9.17) is 0 Å². The van der Waals surface area contributed by atoms with Gasteiger partial charge in [0.05, 0.1) is 0 Å². The summed E-state index contributed by atoms with van der Waals surface area (Å²) in [7, 11) is 0. The van der Waals surface area contributed by atoms with E-state index in [0.717, 1.165) is 5.75 Å². The number of benzene rings is 2. The van der Waals surface area contributed by atoms with Crippen LogP contribution in [0.5, 0.6) is 0 Å². The van der Waals surface area contributed by atoms with Crippen LogP contribution in [0.4, 0.5) is 0 Å². The largest absolute Gasteiger partial charge is 0.120 e. The molecule has 0 unspecified atom stereocenters. The normalized spacial score (nSPS) is 13.1. The first kappa shape index (κ1) is 9.98. The zero-order valence-corrected chi connectivity index (χ0v) is 10.4. The molecule has 1 aliphatic heterocycles. The maximum atomic E-state index is 2.25. The highest BCUT2D eigenvalue weighted by atomic mass is 32.2. The van der Waals surface area contributed by atoms with Gasteiger partial charge < -0.3 is 0 Å². The Labute approximate surface area is 101 Å². The van der Waals surface area contributed by atoms with Gasteiger partial charge in [-0.2, -0.15) is 0 Å². The van der Waals surface area contributed by atoms with Crippen molar-refractivity contribution in [1.82, 2.24) is 0 Å². The summed E-state index contributed by atoms with van der Waals surface area (Å²) in [5, 5.41) is 0. The van der Waals surface area contributed by atoms with Crippen LogP contribution in [-0.4, -0.2) is 0 Å². The summed E-state index contributed by atoms with van der Waals surface area (Å²) in [6.07, 6.45) is 0. The van der Waals surface area contributed by atoms with Gasteiger partial charge in [0.2, 0.25) is 0 Å². The smallest absolute Gasteiger partial charge is 0.0238 e. The van der Waals surface area contributed by atoms with Gasteiger partial charge in [0.1, 0.15) is 0 Å². The molecule has 3 rings (SSSR count). The highest BCUT2D eigenvalue weighted by Gasteiger charge is 2.19. The van der Waals surface area contributed by atoms with Crippen molar-refractivity contribution in [3.8, 4) is 11.1 Å². The summed E-state index contributed by atoms with van der Waals surface area (Å²) in [5.74, 6) is 1.10. The van der Waals surface area contributed by atoms with Gasteiger partial charge in [0, 0.05) is 10.6 Å². The van der Waals surface area contributed by atoms with Gasteiger partial charge in [0.25, 0.3) is 0 Å². The fraction of sp³-hybridized carbons (Fsp3) is 0.200. The molecule has 0 saturated heterocycles. The van der Waals surface area contributed by atoms with E-state index in [2.05, 4.69) is 50.2 Å². The van der Waals surface area contributed by atoms with E-state index in [1.54, 1.807) is 0 Å². The second-order valence-corrected chi connectivity index (χ2v) is 5.33. The standard InChI is InChI=1S/C15H14S/c1-10-7-8-11(2)15-14(10)13-6-4-3-5-12(13)9-16-15/h3-8H,9H2,1-2H3. The fourth-order valence-electron chi connectivity index (χ4n) is 2.35. The van der Waals surface area contributed by atoms with Crippen LogP contribution in [0, 0.1) is 13.8 Å². The van der Waals surface area contributed by atoms with Crippen LogP contribution in [0.25, 0.3) is 11.1 Å². The second kappa shape index (κ2) is 3.67. The molecule has 0 atom stereocenters. The van der Waals surface area contributed by atoms with Crippen molar-refractivity contribution in [2.24, 2.45) is 0 Å². The predicted molar refractivity (Wildman–Crippen MR) is 70.9 cm³/mol. The lowest BCUT2D eigenvalue weighted by atomic mass is 9.94. The van der Waals surface area contributed by atoms with E-state index in [0.29, 0.717) is 0 Å². The fourth-order valence-corrected chi connectivity index (χ4v) is 3.61. The van der Waals surface area contributed by atoms with Crippen molar-refractivity contribution in [3.63, 3.8) is 0 Å². The van der Waals surface area contributed by atoms with Gasteiger partial charge in [-0.05, 0) is 41.7 Å². The Morgan fingerprint density at radius 1 is 0.938 bits per heavy atom. The molecule has 0 amide bonds. The van der Waals surface area contributed by atoms with Crippen LogP contribution in [0.15, 0.2) is 41.3 Å². The SMILES string of the molecule is Cc1ccc(C)c2c1SCc1ccccc1-2. The van der Waals surface area contributed by atoms with Crippen molar-refractivity contribution >= 4 is 11.8 Å². The van der Waals surface area contributed by atoms with Gasteiger partial charge in [-0.15, -0.1) is 11.8 Å². The molecule has 1 aliphatic rings. The van der Waals surface area contributed by atoms with Crippen molar-refractivity contribution in [2.75, 3.05) is 0 Å². The van der Waals surface area contributed by atoms with E-state index in [9.17, 15) is 0 Å². The van der Waals surface area contributed by atoms with Gasteiger partial charge >= 0.3 is 0 Å². The Bertz CT molecular complexity index is 555. The topological polar surface area (TPSA) is 0 Å². The highest BCUT2D eigenvalue weighted by molar-refractivity contribution is 7.98. The molecule has 0 aliphatic carbocycles. The van der Waals surface area contributed by atoms with Crippen molar-refractivity contribution in [2.45, 2.75) is 24.5 Å². The maximum absolute atomic E-state index is 2.25. The molecule has 1 heteroatoms. The zero-order chi connectivity index (χ0) is 11.1. The molecule has 0 aromatic heterocycles. The lowest BCUT2D eigenvalue weighted by Crippen LogP contribution is -1.99. The number of fused-ring (bicyclic) bond motifs is 3. The van der Waals surface area contributed by atoms with Crippen LogP contribution in [0.2, 0.25) is 0 Å². The minimum atomic E-state index is 1.10. The van der Waals surface area contributed by atoms with Crippen LogP contribution < -0.4 is 0 Å². The Morgan fingerprint density at radius 2 is 1.69 bits per heavy atom. The molecule has 0 spiro atoms. The van der Waals surface area contributed by atoms with E-state index in [-0.39, 0.29) is 0 Å². The van der Waals surface area contributed by atoms with Crippen LogP contribution in [-0.2, 0) is 5.75 Å². The molecule has 0 saturated carbocycles. The molecule has 0 N–H and O–H groups in total. The first-order valence-corrected chi connectivity index (χ1v) is 6.57. The van der Waals surface area contributed by atoms with Gasteiger partial charge in [0.15, 0.2) is 0 Å². The molecule has 0 bridgehead atoms. The van der Waals surface area contributed by atoms with E-state index < -0.39 is 0 Å². The zero-order valence-electron chi connectivity index (χ0n) is 9.58. The quantitative estimate of drug-likeness (QED) is 0.633. The minimum absolute atomic E-state index is 1.10. The van der Waals surface area contributed by atoms with Crippen molar-refractivity contribution < 1.29 is 0 Å². The van der Waals surface area contributed by atoms with Gasteiger partial charge in [-0.25, -0.2) is 0 Å². The lowest BCUT2D eigenvalue weighted by molar-refractivity contribution is 1.22. The van der Waals surface area contributed by atoms with Crippen LogP contribution in [0.3, 0.4) is 0 Å². The third kappa shape index (κ3) is 1.39. The molecule has 80 valence electrons. The summed E-state index contributed by atoms with van der Waals surface area (Å²) in [6.45, 7) is 4.42. The first-order valence-electron chi connectivity index (χ1n) is 5.58. The van der Waals surface area contributed by atoms with Crippen LogP contribution in [0.1, 0.15) is 16.7 Å². The number of hydrogen-bond donors (Lipinski definition) is 0. The van der Waals surface area contributed by atoms with Gasteiger partial charge in [-0.3, -0.25) is 0 Å². The van der Waals surface area contributed by atoms with Crippen molar-refractivity contribution in [1.29, 1.82) is 0 Å². The number of thioether (sulfide) groups is 1. The van der Waals surface area contributed by atoms with Crippen molar-refractivity contribution in [3.05, 3.63) is 53.1 Å². The maximum Gasteiger partial charge on any atom is 0.0238 e. The predicted octanol–water partition coefficient (Wildman–Crippen LogP) is 4.58. The molecule has 16 heavy (non-hydrogen) atoms. The molecule has 2 aromatic rings. The van der Waals surface area contributed by atoms with E-state index >= 15 is 0 Å². The average Bonchev–Trinajstić information content (AvgIpc) is 2.33. The first-order chi connectivity index (χ1) is 7.77. The van der Waals surface area contributed by atoms with E-state index in [1.165, 1.54) is 32.7 Å². The third-order valence-electron chi connectivity index (χ3n) is 3.22. The molecule has 0 fully saturated rings. The van der Waals surface area contributed by atoms with E-state index in [1.807, 2.05) is 11.8 Å². The summed E-state index contributed by atoms with van der Waals surface area (Å²) < 4.78 is 0. The molecule has 1 heterocycles. The summed E-state index contributed by atoms with van der Waals surface area (Å²) >= 11 is 1.97. The number of aryl methyl sites for hydroxylation is 2. The molecular formula is C15H14S. The summed E-state index contributed by atoms with van der Waals surface area (Å²) in [5.41, 5.74) is 7.14. The number of hydrogen-bond acceptors (Lipinski definition) is 1. The van der Waals surface area contributed by atoms with Crippen LogP contribution >= 0.6 is 11.8 Å². The van der Waals surface area contributed by atoms with Gasteiger partial charge in [-0.1, -0.05) is 36.4 Å². The lowest BCUT2D eigenvalue weighted by Gasteiger charge is -2.22. The average molecular weight is 226 g/mol. The molecule has 0 nitrogen and oxygen atoms in total. The summed E-state index contributed by atoms with van der Waals surface area (Å²) in [4.78, 5) is 1.47. The summed E-state index contributed by atoms with van der Waals surface area (Å²) in [6, 6.07) is 13.2. The second-order valence-electron chi connectivity index (χ2n) is 4.35. The Kier molecular flexibility index (Phi) is 2.29.